The van der Waals surface area contributed by atoms with E-state index in [1.807, 2.05) is 37.1 Å². The molecule has 0 aromatic heterocycles. The largest absolute Gasteiger partial charge is 0.491 e. The minimum Gasteiger partial charge on any atom is -0.491 e. The lowest BCUT2D eigenvalue weighted by Gasteiger charge is -2.33. The molecule has 0 bridgehead atoms. The molecular weight excluding hydrogens is 368 g/mol. The summed E-state index contributed by atoms with van der Waals surface area (Å²) in [6.45, 7) is 5.97. The summed E-state index contributed by atoms with van der Waals surface area (Å²) in [5.74, 6) is 1.70. The van der Waals surface area contributed by atoms with Gasteiger partial charge in [0.2, 0.25) is 0 Å². The Morgan fingerprint density at radius 2 is 2.00 bits per heavy atom. The van der Waals surface area contributed by atoms with Gasteiger partial charge in [-0.2, -0.15) is 0 Å². The fraction of sp³-hybridized carbons (Fsp3) is 0.435. The smallest absolute Gasteiger partial charge is 0.331 e. The van der Waals surface area contributed by atoms with Crippen LogP contribution in [-0.2, 0) is 4.79 Å². The number of esters is 1. The quantitative estimate of drug-likeness (QED) is 0.573. The lowest BCUT2D eigenvalue weighted by molar-refractivity contribution is -0.133. The predicted octanol–water partition coefficient (Wildman–Crippen LogP) is 3.59. The zero-order chi connectivity index (χ0) is 20.1. The van der Waals surface area contributed by atoms with Crippen LogP contribution in [0.2, 0.25) is 0 Å². The minimum atomic E-state index is -0.281. The van der Waals surface area contributed by atoms with E-state index in [-0.39, 0.29) is 18.7 Å². The first-order valence-electron chi connectivity index (χ1n) is 10.2. The van der Waals surface area contributed by atoms with Crippen LogP contribution in [0.25, 0.3) is 0 Å². The fourth-order valence-corrected chi connectivity index (χ4v) is 4.57. The number of hydrogen-bond acceptors (Lipinski definition) is 6. The van der Waals surface area contributed by atoms with Gasteiger partial charge < -0.3 is 19.1 Å². The zero-order valence-electron chi connectivity index (χ0n) is 17.1. The molecule has 5 rings (SSSR count). The van der Waals surface area contributed by atoms with Crippen LogP contribution in [0.5, 0.6) is 17.2 Å². The van der Waals surface area contributed by atoms with Crippen molar-refractivity contribution in [2.75, 3.05) is 31.6 Å². The molecule has 6 heteroatoms. The van der Waals surface area contributed by atoms with Crippen LogP contribution in [0.3, 0.4) is 0 Å². The van der Waals surface area contributed by atoms with Crippen molar-refractivity contribution >= 4 is 11.7 Å². The molecule has 0 radical (unpaired) electrons. The molecule has 3 aliphatic rings. The number of benzene rings is 2. The minimum absolute atomic E-state index is 0.239. The van der Waals surface area contributed by atoms with Gasteiger partial charge in [0, 0.05) is 25.2 Å². The van der Waals surface area contributed by atoms with Crippen molar-refractivity contribution in [2.24, 2.45) is 0 Å². The molecule has 3 heterocycles. The van der Waals surface area contributed by atoms with E-state index in [9.17, 15) is 4.79 Å². The highest BCUT2D eigenvalue weighted by Gasteiger charge is 2.38. The first-order chi connectivity index (χ1) is 14.0. The number of nitrogens with zero attached hydrogens (tertiary/aromatic N) is 2. The molecule has 29 heavy (non-hydrogen) atoms. The van der Waals surface area contributed by atoms with Gasteiger partial charge in [-0.1, -0.05) is 11.6 Å². The average Bonchev–Trinajstić information content (AvgIpc) is 3.09. The Morgan fingerprint density at radius 3 is 2.86 bits per heavy atom. The van der Waals surface area contributed by atoms with E-state index >= 15 is 0 Å². The monoisotopic (exact) mass is 394 g/mol. The molecule has 3 aliphatic heterocycles. The third kappa shape index (κ3) is 3.21. The molecule has 2 aromatic carbocycles. The van der Waals surface area contributed by atoms with Crippen molar-refractivity contribution in [3.63, 3.8) is 0 Å². The highest BCUT2D eigenvalue weighted by Crippen LogP contribution is 2.45. The van der Waals surface area contributed by atoms with Gasteiger partial charge >= 0.3 is 5.97 Å². The summed E-state index contributed by atoms with van der Waals surface area (Å²) in [7, 11) is 1.90. The molecule has 2 aromatic rings. The average molecular weight is 394 g/mol. The van der Waals surface area contributed by atoms with Gasteiger partial charge in [-0.25, -0.2) is 4.79 Å². The van der Waals surface area contributed by atoms with E-state index in [0.717, 1.165) is 47.5 Å². The van der Waals surface area contributed by atoms with Gasteiger partial charge in [0.25, 0.3) is 0 Å². The van der Waals surface area contributed by atoms with E-state index in [1.165, 1.54) is 0 Å². The van der Waals surface area contributed by atoms with Gasteiger partial charge in [-0.05, 0) is 56.5 Å². The number of ether oxygens (including phenoxy) is 3. The summed E-state index contributed by atoms with van der Waals surface area (Å²) in [5, 5.41) is 0. The lowest BCUT2D eigenvalue weighted by Crippen LogP contribution is -2.38. The Bertz CT molecular complexity index is 974. The second-order valence-electron chi connectivity index (χ2n) is 8.30. The summed E-state index contributed by atoms with van der Waals surface area (Å²) in [5.41, 5.74) is 4.14. The Balaban J connectivity index is 1.60. The van der Waals surface area contributed by atoms with E-state index in [1.54, 1.807) is 0 Å². The Hall–Kier alpha value is -2.73. The zero-order valence-corrected chi connectivity index (χ0v) is 17.1. The van der Waals surface area contributed by atoms with Crippen LogP contribution in [0.1, 0.15) is 35.8 Å². The van der Waals surface area contributed by atoms with Crippen LogP contribution in [0.15, 0.2) is 30.3 Å². The van der Waals surface area contributed by atoms with Crippen molar-refractivity contribution in [2.45, 2.75) is 39.0 Å². The van der Waals surface area contributed by atoms with Gasteiger partial charge in [-0.3, -0.25) is 4.90 Å². The number of rotatable bonds is 2. The Kier molecular flexibility index (Phi) is 4.39. The van der Waals surface area contributed by atoms with Crippen LogP contribution < -0.4 is 19.1 Å². The standard InChI is InChI=1S/C23H26N2O4/c1-14-6-7-19-17(9-14)23(25-8-4-5-16(25)13-27-19)28-20-11-15(2)10-18-22(20)29-21(26)12-24(18)3/h6-7,9-11,16,23H,4-5,8,12-13H2,1-3H3. The van der Waals surface area contributed by atoms with Gasteiger partial charge in [0.15, 0.2) is 17.7 Å². The molecule has 0 amide bonds. The number of likely N-dealkylation sites (N-methyl/N-ethyl adjacent to an activating group) is 1. The SMILES string of the molecule is Cc1ccc2c(c1)C(Oc1cc(C)cc3c1OC(=O)CN3C)N1CCCC1CO2. The molecule has 6 nitrogen and oxygen atoms in total. The second kappa shape index (κ2) is 6.95. The lowest BCUT2D eigenvalue weighted by atomic mass is 10.1. The van der Waals surface area contributed by atoms with E-state index < -0.39 is 0 Å². The first-order valence-corrected chi connectivity index (χ1v) is 10.2. The molecule has 0 N–H and O–H groups in total. The third-order valence-corrected chi connectivity index (χ3v) is 6.00. The fourth-order valence-electron chi connectivity index (χ4n) is 4.57. The second-order valence-corrected chi connectivity index (χ2v) is 8.30. The summed E-state index contributed by atoms with van der Waals surface area (Å²) in [4.78, 5) is 16.4. The number of aryl methyl sites for hydroxylation is 2. The van der Waals surface area contributed by atoms with Gasteiger partial charge in [-0.15, -0.1) is 0 Å². The number of fused-ring (bicyclic) bond motifs is 3. The van der Waals surface area contributed by atoms with E-state index in [0.29, 0.717) is 24.1 Å². The molecule has 0 saturated carbocycles. The van der Waals surface area contributed by atoms with Crippen LogP contribution >= 0.6 is 0 Å². The molecule has 0 aliphatic carbocycles. The third-order valence-electron chi connectivity index (χ3n) is 6.00. The maximum Gasteiger partial charge on any atom is 0.331 e. The van der Waals surface area contributed by atoms with Crippen molar-refractivity contribution in [1.29, 1.82) is 0 Å². The molecule has 2 unspecified atom stereocenters. The number of carbonyl (C=O) groups is 1. The normalized spacial score (nSPS) is 23.4. The highest BCUT2D eigenvalue weighted by molar-refractivity contribution is 5.86. The topological polar surface area (TPSA) is 51.2 Å². The predicted molar refractivity (Wildman–Crippen MR) is 110 cm³/mol. The van der Waals surface area contributed by atoms with Gasteiger partial charge in [0.05, 0.1) is 5.69 Å². The maximum absolute atomic E-state index is 12.1. The molecular formula is C23H26N2O4. The number of hydrogen-bond donors (Lipinski definition) is 0. The molecule has 1 saturated heterocycles. The van der Waals surface area contributed by atoms with Crippen LogP contribution in [0, 0.1) is 13.8 Å². The summed E-state index contributed by atoms with van der Waals surface area (Å²) < 4.78 is 18.4. The molecule has 152 valence electrons. The first kappa shape index (κ1) is 18.3. The molecule has 0 spiro atoms. The van der Waals surface area contributed by atoms with Crippen molar-refractivity contribution in [3.8, 4) is 17.2 Å². The summed E-state index contributed by atoms with van der Waals surface area (Å²) in [6, 6.07) is 10.5. The molecule has 2 atom stereocenters. The Labute approximate surface area is 171 Å². The van der Waals surface area contributed by atoms with Crippen molar-refractivity contribution in [1.82, 2.24) is 4.90 Å². The Morgan fingerprint density at radius 1 is 1.14 bits per heavy atom. The van der Waals surface area contributed by atoms with Crippen LogP contribution in [0.4, 0.5) is 5.69 Å². The number of carbonyl (C=O) groups excluding carboxylic acids is 1. The van der Waals surface area contributed by atoms with Gasteiger partial charge in [0.1, 0.15) is 18.9 Å². The number of anilines is 1. The molecule has 1 fully saturated rings. The van der Waals surface area contributed by atoms with E-state index in [4.69, 9.17) is 14.2 Å². The van der Waals surface area contributed by atoms with E-state index in [2.05, 4.69) is 24.0 Å². The maximum atomic E-state index is 12.1. The van der Waals surface area contributed by atoms with Crippen LogP contribution in [-0.4, -0.2) is 43.7 Å². The van der Waals surface area contributed by atoms with Crippen molar-refractivity contribution in [3.05, 3.63) is 47.0 Å². The summed E-state index contributed by atoms with van der Waals surface area (Å²) in [6.07, 6.45) is 1.94. The van der Waals surface area contributed by atoms with Crippen molar-refractivity contribution < 1.29 is 19.0 Å². The summed E-state index contributed by atoms with van der Waals surface area (Å²) >= 11 is 0. The highest BCUT2D eigenvalue weighted by atomic mass is 16.6.